The van der Waals surface area contributed by atoms with Crippen LogP contribution < -0.4 is 11.1 Å². The molecule has 0 radical (unpaired) electrons. The number of carbonyl (C=O) groups is 2. The van der Waals surface area contributed by atoms with E-state index in [1.54, 1.807) is 42.5 Å². The summed E-state index contributed by atoms with van der Waals surface area (Å²) < 4.78 is 13.2. The highest BCUT2D eigenvalue weighted by molar-refractivity contribution is 6.01. The number of rotatable bonds is 5. The van der Waals surface area contributed by atoms with E-state index in [-0.39, 0.29) is 12.5 Å². The van der Waals surface area contributed by atoms with Gasteiger partial charge in [-0.3, -0.25) is 9.59 Å². The zero-order valence-corrected chi connectivity index (χ0v) is 13.8. The van der Waals surface area contributed by atoms with Gasteiger partial charge in [0.05, 0.1) is 6.10 Å². The number of amides is 2. The largest absolute Gasteiger partial charge is 0.387 e. The van der Waals surface area contributed by atoms with Gasteiger partial charge >= 0.3 is 0 Å². The Bertz CT molecular complexity index is 988. The van der Waals surface area contributed by atoms with Gasteiger partial charge in [0.25, 0.3) is 5.91 Å². The van der Waals surface area contributed by atoms with Crippen LogP contribution in [0.1, 0.15) is 32.4 Å². The molecule has 0 saturated carbocycles. The highest BCUT2D eigenvalue weighted by Crippen LogP contribution is 2.18. The molecular formula is C20H17FN2O3. The zero-order valence-electron chi connectivity index (χ0n) is 13.8. The van der Waals surface area contributed by atoms with Crippen LogP contribution in [0.2, 0.25) is 0 Å². The van der Waals surface area contributed by atoms with E-state index in [9.17, 15) is 19.1 Å². The summed E-state index contributed by atoms with van der Waals surface area (Å²) in [5, 5.41) is 14.3. The monoisotopic (exact) mass is 352 g/mol. The summed E-state index contributed by atoms with van der Waals surface area (Å²) in [7, 11) is 0. The number of hydrogen-bond donors (Lipinski definition) is 3. The summed E-state index contributed by atoms with van der Waals surface area (Å²) in [5.41, 5.74) is 6.40. The molecule has 3 rings (SSSR count). The molecule has 0 spiro atoms. The minimum Gasteiger partial charge on any atom is -0.387 e. The molecule has 0 aliphatic rings. The van der Waals surface area contributed by atoms with Crippen molar-refractivity contribution in [1.82, 2.24) is 5.32 Å². The van der Waals surface area contributed by atoms with Crippen molar-refractivity contribution in [2.45, 2.75) is 6.10 Å². The Kier molecular flexibility index (Phi) is 4.95. The summed E-state index contributed by atoms with van der Waals surface area (Å²) >= 11 is 0. The van der Waals surface area contributed by atoms with Crippen LogP contribution >= 0.6 is 0 Å². The number of halogens is 1. The predicted octanol–water partition coefficient (Wildman–Crippen LogP) is 2.54. The number of benzene rings is 3. The lowest BCUT2D eigenvalue weighted by Crippen LogP contribution is -2.28. The third-order valence-corrected chi connectivity index (χ3v) is 4.08. The molecule has 6 heteroatoms. The maximum atomic E-state index is 13.2. The lowest BCUT2D eigenvalue weighted by molar-refractivity contribution is 0.0916. The Balaban J connectivity index is 1.74. The summed E-state index contributed by atoms with van der Waals surface area (Å²) in [5.74, 6) is -1.38. The predicted molar refractivity (Wildman–Crippen MR) is 96.2 cm³/mol. The topological polar surface area (TPSA) is 92.4 Å². The van der Waals surface area contributed by atoms with Crippen molar-refractivity contribution in [3.63, 3.8) is 0 Å². The van der Waals surface area contributed by atoms with Crippen molar-refractivity contribution in [2.75, 3.05) is 6.54 Å². The van der Waals surface area contributed by atoms with E-state index in [0.29, 0.717) is 22.1 Å². The molecule has 0 aliphatic carbocycles. The number of primary amides is 1. The first-order chi connectivity index (χ1) is 12.4. The molecule has 4 N–H and O–H groups in total. The van der Waals surface area contributed by atoms with Crippen molar-refractivity contribution in [2.24, 2.45) is 5.73 Å². The Morgan fingerprint density at radius 1 is 1.00 bits per heavy atom. The van der Waals surface area contributed by atoms with E-state index in [1.807, 2.05) is 0 Å². The molecule has 3 aromatic rings. The van der Waals surface area contributed by atoms with Crippen LogP contribution in [-0.4, -0.2) is 23.5 Å². The van der Waals surface area contributed by atoms with Crippen LogP contribution in [0.5, 0.6) is 0 Å². The van der Waals surface area contributed by atoms with Crippen LogP contribution in [0.25, 0.3) is 10.8 Å². The molecule has 5 nitrogen and oxygen atoms in total. The van der Waals surface area contributed by atoms with Gasteiger partial charge in [0.15, 0.2) is 0 Å². The zero-order chi connectivity index (χ0) is 18.7. The maximum absolute atomic E-state index is 13.2. The van der Waals surface area contributed by atoms with E-state index in [1.165, 1.54) is 18.2 Å². The first kappa shape index (κ1) is 17.6. The third-order valence-electron chi connectivity index (χ3n) is 4.08. The molecule has 3 aromatic carbocycles. The molecular weight excluding hydrogens is 335 g/mol. The fourth-order valence-corrected chi connectivity index (χ4v) is 2.66. The fourth-order valence-electron chi connectivity index (χ4n) is 2.66. The van der Waals surface area contributed by atoms with E-state index >= 15 is 0 Å². The minimum absolute atomic E-state index is 0.0539. The van der Waals surface area contributed by atoms with Crippen LogP contribution in [-0.2, 0) is 0 Å². The van der Waals surface area contributed by atoms with Gasteiger partial charge in [-0.25, -0.2) is 4.39 Å². The van der Waals surface area contributed by atoms with Crippen molar-refractivity contribution in [3.05, 3.63) is 83.2 Å². The fraction of sp³-hybridized carbons (Fsp3) is 0.100. The molecule has 0 aromatic heterocycles. The number of hydrogen-bond acceptors (Lipinski definition) is 3. The van der Waals surface area contributed by atoms with Gasteiger partial charge in [-0.15, -0.1) is 0 Å². The molecule has 0 fully saturated rings. The lowest BCUT2D eigenvalue weighted by atomic mass is 10.0. The van der Waals surface area contributed by atoms with Gasteiger partial charge in [0, 0.05) is 17.7 Å². The normalized spacial score (nSPS) is 11.9. The number of carbonyl (C=O) groups excluding carboxylic acids is 2. The summed E-state index contributed by atoms with van der Waals surface area (Å²) in [6.07, 6.45) is -1.02. The van der Waals surface area contributed by atoms with E-state index in [2.05, 4.69) is 5.32 Å². The average molecular weight is 352 g/mol. The quantitative estimate of drug-likeness (QED) is 0.659. The van der Waals surface area contributed by atoms with Crippen LogP contribution in [0.3, 0.4) is 0 Å². The molecule has 26 heavy (non-hydrogen) atoms. The molecule has 1 unspecified atom stereocenters. The molecule has 0 saturated heterocycles. The second-order valence-corrected chi connectivity index (χ2v) is 5.92. The van der Waals surface area contributed by atoms with Gasteiger partial charge in [0.2, 0.25) is 5.91 Å². The van der Waals surface area contributed by atoms with Gasteiger partial charge in [-0.2, -0.15) is 0 Å². The Hall–Kier alpha value is -3.25. The van der Waals surface area contributed by atoms with E-state index in [0.717, 1.165) is 5.39 Å². The summed E-state index contributed by atoms with van der Waals surface area (Å²) in [6, 6.07) is 15.6. The standard InChI is InChI=1S/C20H17FN2O3/c21-17-3-1-2-13(10-17)18(24)11-23-20(26)15-7-5-12-4-6-14(19(22)25)8-16(12)9-15/h1-10,18,24H,11H2,(H2,22,25)(H,23,26). The molecule has 0 heterocycles. The van der Waals surface area contributed by atoms with Gasteiger partial charge in [-0.05, 0) is 52.7 Å². The second-order valence-electron chi connectivity index (χ2n) is 5.92. The number of aliphatic hydroxyl groups is 1. The second kappa shape index (κ2) is 7.33. The maximum Gasteiger partial charge on any atom is 0.251 e. The lowest BCUT2D eigenvalue weighted by Gasteiger charge is -2.13. The van der Waals surface area contributed by atoms with Gasteiger partial charge < -0.3 is 16.2 Å². The van der Waals surface area contributed by atoms with Crippen molar-refractivity contribution in [3.8, 4) is 0 Å². The molecule has 0 bridgehead atoms. The van der Waals surface area contributed by atoms with Crippen molar-refractivity contribution in [1.29, 1.82) is 0 Å². The van der Waals surface area contributed by atoms with E-state index < -0.39 is 17.8 Å². The number of nitrogens with one attached hydrogen (secondary N) is 1. The SMILES string of the molecule is NC(=O)c1ccc2ccc(C(=O)NCC(O)c3cccc(F)c3)cc2c1. The smallest absolute Gasteiger partial charge is 0.251 e. The first-order valence-corrected chi connectivity index (χ1v) is 7.99. The third kappa shape index (κ3) is 3.87. The van der Waals surface area contributed by atoms with Crippen molar-refractivity contribution >= 4 is 22.6 Å². The first-order valence-electron chi connectivity index (χ1n) is 7.99. The Morgan fingerprint density at radius 3 is 2.38 bits per heavy atom. The molecule has 0 aliphatic heterocycles. The number of aliphatic hydroxyl groups excluding tert-OH is 1. The van der Waals surface area contributed by atoms with Crippen molar-refractivity contribution < 1.29 is 19.1 Å². The Labute approximate surface area is 149 Å². The molecule has 1 atom stereocenters. The van der Waals surface area contributed by atoms with E-state index in [4.69, 9.17) is 5.73 Å². The molecule has 2 amide bonds. The van der Waals surface area contributed by atoms with Crippen LogP contribution in [0.15, 0.2) is 60.7 Å². The summed E-state index contributed by atoms with van der Waals surface area (Å²) in [4.78, 5) is 23.6. The van der Waals surface area contributed by atoms with Gasteiger partial charge in [-0.1, -0.05) is 24.3 Å². The number of nitrogens with two attached hydrogens (primary N) is 1. The van der Waals surface area contributed by atoms with Crippen LogP contribution in [0, 0.1) is 5.82 Å². The number of fused-ring (bicyclic) bond motifs is 1. The minimum atomic E-state index is -1.02. The van der Waals surface area contributed by atoms with Crippen LogP contribution in [0.4, 0.5) is 4.39 Å². The summed E-state index contributed by atoms with van der Waals surface area (Å²) in [6.45, 7) is -0.0539. The average Bonchev–Trinajstić information content (AvgIpc) is 2.64. The molecule has 132 valence electrons. The highest BCUT2D eigenvalue weighted by atomic mass is 19.1. The Morgan fingerprint density at radius 2 is 1.69 bits per heavy atom. The van der Waals surface area contributed by atoms with Gasteiger partial charge in [0.1, 0.15) is 5.82 Å². The highest BCUT2D eigenvalue weighted by Gasteiger charge is 2.12.